The number of hydrogen-bond donors (Lipinski definition) is 2. The quantitative estimate of drug-likeness (QED) is 0.883. The molecule has 6 heteroatoms. The van der Waals surface area contributed by atoms with E-state index < -0.39 is 0 Å². The second-order valence-electron chi connectivity index (χ2n) is 6.25. The molecule has 0 saturated carbocycles. The summed E-state index contributed by atoms with van der Waals surface area (Å²) in [6.07, 6.45) is 1.30. The van der Waals surface area contributed by atoms with Crippen LogP contribution in [0.1, 0.15) is 12.8 Å². The molecule has 0 bridgehead atoms. The Morgan fingerprint density at radius 2 is 1.62 bits per heavy atom. The van der Waals surface area contributed by atoms with Crippen LogP contribution in [0.2, 0.25) is 0 Å². The lowest BCUT2D eigenvalue weighted by Crippen LogP contribution is -2.43. The van der Waals surface area contributed by atoms with Gasteiger partial charge in [-0.05, 0) is 37.1 Å². The number of rotatable bonds is 4. The van der Waals surface area contributed by atoms with Crippen molar-refractivity contribution >= 4 is 23.3 Å². The number of anilines is 2. The third-order valence-corrected chi connectivity index (χ3v) is 4.54. The number of nitrogens with one attached hydrogen (secondary N) is 2. The Bertz CT molecular complexity index is 756. The van der Waals surface area contributed by atoms with Gasteiger partial charge in [-0.15, -0.1) is 0 Å². The van der Waals surface area contributed by atoms with Gasteiger partial charge in [0.05, 0.1) is 12.8 Å². The number of methoxy groups -OCH3 is 1. The Balaban J connectivity index is 1.51. The van der Waals surface area contributed by atoms with Gasteiger partial charge in [0.2, 0.25) is 5.91 Å². The fraction of sp³-hybridized carbons (Fsp3) is 0.300. The number of nitrogens with zero attached hydrogens (tertiary/aromatic N) is 1. The monoisotopic (exact) mass is 353 g/mol. The number of urea groups is 1. The predicted octanol–water partition coefficient (Wildman–Crippen LogP) is 3.58. The molecule has 2 aromatic carbocycles. The first-order valence-corrected chi connectivity index (χ1v) is 8.72. The third kappa shape index (κ3) is 4.33. The van der Waals surface area contributed by atoms with Crippen LogP contribution in [0.15, 0.2) is 54.6 Å². The van der Waals surface area contributed by atoms with Crippen LogP contribution in [-0.2, 0) is 4.79 Å². The van der Waals surface area contributed by atoms with Crippen LogP contribution in [0.25, 0.3) is 0 Å². The lowest BCUT2D eigenvalue weighted by Gasteiger charge is -2.31. The summed E-state index contributed by atoms with van der Waals surface area (Å²) in [5, 5.41) is 5.81. The number of carbonyl (C=O) groups excluding carboxylic acids is 2. The van der Waals surface area contributed by atoms with Gasteiger partial charge in [0.25, 0.3) is 0 Å². The van der Waals surface area contributed by atoms with Crippen LogP contribution >= 0.6 is 0 Å². The molecule has 2 N–H and O–H groups in total. The van der Waals surface area contributed by atoms with Crippen molar-refractivity contribution in [2.45, 2.75) is 12.8 Å². The zero-order chi connectivity index (χ0) is 18.4. The summed E-state index contributed by atoms with van der Waals surface area (Å²) in [5.41, 5.74) is 1.44. The number of amides is 3. The summed E-state index contributed by atoms with van der Waals surface area (Å²) in [7, 11) is 1.57. The van der Waals surface area contributed by atoms with Crippen molar-refractivity contribution in [2.75, 3.05) is 30.8 Å². The van der Waals surface area contributed by atoms with Crippen molar-refractivity contribution in [1.82, 2.24) is 4.90 Å². The summed E-state index contributed by atoms with van der Waals surface area (Å²) in [4.78, 5) is 26.6. The highest BCUT2D eigenvalue weighted by molar-refractivity contribution is 5.93. The largest absolute Gasteiger partial charge is 0.495 e. The maximum absolute atomic E-state index is 12.5. The molecule has 1 aliphatic rings. The topological polar surface area (TPSA) is 70.7 Å². The maximum atomic E-state index is 12.5. The lowest BCUT2D eigenvalue weighted by molar-refractivity contribution is -0.121. The molecular formula is C20H23N3O3. The number of carbonyl (C=O) groups is 2. The standard InChI is InChI=1S/C20H23N3O3/c1-26-18-10-6-5-9-17(18)22-20(25)23-13-11-15(12-14-23)19(24)21-16-7-3-2-4-8-16/h2-10,15H,11-14H2,1H3,(H,21,24)(H,22,25). The van der Waals surface area contributed by atoms with E-state index in [1.165, 1.54) is 0 Å². The Morgan fingerprint density at radius 3 is 2.31 bits per heavy atom. The van der Waals surface area contributed by atoms with Gasteiger partial charge in [-0.25, -0.2) is 4.79 Å². The zero-order valence-corrected chi connectivity index (χ0v) is 14.8. The molecule has 0 unspecified atom stereocenters. The van der Waals surface area contributed by atoms with Gasteiger partial charge < -0.3 is 20.3 Å². The fourth-order valence-corrected chi connectivity index (χ4v) is 3.05. The average molecular weight is 353 g/mol. The summed E-state index contributed by atoms with van der Waals surface area (Å²) < 4.78 is 5.25. The summed E-state index contributed by atoms with van der Waals surface area (Å²) in [6.45, 7) is 1.10. The van der Waals surface area contributed by atoms with Gasteiger partial charge in [-0.2, -0.15) is 0 Å². The van der Waals surface area contributed by atoms with E-state index >= 15 is 0 Å². The van der Waals surface area contributed by atoms with Crippen molar-refractivity contribution < 1.29 is 14.3 Å². The number of ether oxygens (including phenoxy) is 1. The molecule has 0 atom stereocenters. The van der Waals surface area contributed by atoms with E-state index in [1.807, 2.05) is 42.5 Å². The Labute approximate surface area is 153 Å². The Morgan fingerprint density at radius 1 is 0.962 bits per heavy atom. The molecule has 1 heterocycles. The normalized spacial score (nSPS) is 14.6. The molecule has 1 fully saturated rings. The van der Waals surface area contributed by atoms with Crippen molar-refractivity contribution in [1.29, 1.82) is 0 Å². The number of para-hydroxylation sites is 3. The summed E-state index contributed by atoms with van der Waals surface area (Å²) in [5.74, 6) is 0.560. The third-order valence-electron chi connectivity index (χ3n) is 4.54. The zero-order valence-electron chi connectivity index (χ0n) is 14.8. The minimum atomic E-state index is -0.170. The first-order valence-electron chi connectivity index (χ1n) is 8.72. The first-order chi connectivity index (χ1) is 12.7. The molecule has 2 aromatic rings. The molecule has 0 aromatic heterocycles. The molecule has 3 rings (SSSR count). The molecule has 3 amide bonds. The minimum Gasteiger partial charge on any atom is -0.495 e. The van der Waals surface area contributed by atoms with Gasteiger partial charge in [-0.1, -0.05) is 30.3 Å². The van der Waals surface area contributed by atoms with Gasteiger partial charge in [0, 0.05) is 24.7 Å². The summed E-state index contributed by atoms with van der Waals surface area (Å²) in [6, 6.07) is 16.6. The van der Waals surface area contributed by atoms with Gasteiger partial charge >= 0.3 is 6.03 Å². The van der Waals surface area contributed by atoms with Gasteiger partial charge in [-0.3, -0.25) is 4.79 Å². The Kier molecular flexibility index (Phi) is 5.73. The number of piperidine rings is 1. The molecule has 6 nitrogen and oxygen atoms in total. The highest BCUT2D eigenvalue weighted by Gasteiger charge is 2.27. The lowest BCUT2D eigenvalue weighted by atomic mass is 9.96. The van der Waals surface area contributed by atoms with E-state index in [0.717, 1.165) is 5.69 Å². The van der Waals surface area contributed by atoms with Crippen LogP contribution in [0.5, 0.6) is 5.75 Å². The van der Waals surface area contributed by atoms with Gasteiger partial charge in [0.1, 0.15) is 5.75 Å². The molecule has 1 saturated heterocycles. The van der Waals surface area contributed by atoms with Crippen LogP contribution in [0.4, 0.5) is 16.2 Å². The highest BCUT2D eigenvalue weighted by atomic mass is 16.5. The maximum Gasteiger partial charge on any atom is 0.321 e. The van der Waals surface area contributed by atoms with E-state index in [-0.39, 0.29) is 17.9 Å². The summed E-state index contributed by atoms with van der Waals surface area (Å²) >= 11 is 0. The highest BCUT2D eigenvalue weighted by Crippen LogP contribution is 2.25. The molecule has 26 heavy (non-hydrogen) atoms. The number of benzene rings is 2. The molecule has 1 aliphatic heterocycles. The van der Waals surface area contributed by atoms with E-state index in [2.05, 4.69) is 10.6 Å². The van der Waals surface area contributed by atoms with E-state index in [9.17, 15) is 9.59 Å². The van der Waals surface area contributed by atoms with Crippen molar-refractivity contribution in [2.24, 2.45) is 5.92 Å². The van der Waals surface area contributed by atoms with Crippen molar-refractivity contribution in [3.05, 3.63) is 54.6 Å². The van der Waals surface area contributed by atoms with Crippen LogP contribution in [0.3, 0.4) is 0 Å². The average Bonchev–Trinajstić information content (AvgIpc) is 2.69. The number of likely N-dealkylation sites (tertiary alicyclic amines) is 1. The van der Waals surface area contributed by atoms with Crippen molar-refractivity contribution in [3.8, 4) is 5.75 Å². The molecule has 0 spiro atoms. The molecular weight excluding hydrogens is 330 g/mol. The predicted molar refractivity (Wildman–Crippen MR) is 101 cm³/mol. The second kappa shape index (κ2) is 8.38. The minimum absolute atomic E-state index is 0.0148. The van der Waals surface area contributed by atoms with Crippen LogP contribution in [-0.4, -0.2) is 37.0 Å². The van der Waals surface area contributed by atoms with Gasteiger partial charge in [0.15, 0.2) is 0 Å². The smallest absolute Gasteiger partial charge is 0.321 e. The fourth-order valence-electron chi connectivity index (χ4n) is 3.05. The van der Waals surface area contributed by atoms with E-state index in [4.69, 9.17) is 4.74 Å². The van der Waals surface area contributed by atoms with Crippen LogP contribution in [0, 0.1) is 5.92 Å². The Hall–Kier alpha value is -3.02. The molecule has 0 radical (unpaired) electrons. The van der Waals surface area contributed by atoms with E-state index in [1.54, 1.807) is 24.1 Å². The SMILES string of the molecule is COc1ccccc1NC(=O)N1CCC(C(=O)Nc2ccccc2)CC1. The first kappa shape index (κ1) is 17.8. The molecule has 136 valence electrons. The number of hydrogen-bond acceptors (Lipinski definition) is 3. The van der Waals surface area contributed by atoms with Crippen molar-refractivity contribution in [3.63, 3.8) is 0 Å². The second-order valence-corrected chi connectivity index (χ2v) is 6.25. The molecule has 0 aliphatic carbocycles. The van der Waals surface area contributed by atoms with E-state index in [0.29, 0.717) is 37.4 Å². The van der Waals surface area contributed by atoms with Crippen LogP contribution < -0.4 is 15.4 Å².